The first-order valence-corrected chi connectivity index (χ1v) is 12.8. The Morgan fingerprint density at radius 1 is 0.903 bits per heavy atom. The molecule has 0 amide bonds. The number of rotatable bonds is 20. The molecule has 0 aromatic rings. The molecule has 4 N–H and O–H groups in total. The van der Waals surface area contributed by atoms with E-state index in [1.54, 1.807) is 0 Å². The summed E-state index contributed by atoms with van der Waals surface area (Å²) in [5.74, 6) is -1.13. The molecule has 2 atom stereocenters. The largest absolute Gasteiger partial charge is 0.870 e. The predicted octanol–water partition coefficient (Wildman–Crippen LogP) is 5.31. The Hall–Kier alpha value is -1.14. The zero-order valence-electron chi connectivity index (χ0n) is 20.3. The predicted molar refractivity (Wildman–Crippen MR) is 127 cm³/mol. The molecule has 0 saturated heterocycles. The highest BCUT2D eigenvalue weighted by Gasteiger charge is 2.44. The van der Waals surface area contributed by atoms with Crippen molar-refractivity contribution in [3.8, 4) is 0 Å². The second-order valence-corrected chi connectivity index (χ2v) is 9.43. The van der Waals surface area contributed by atoms with Gasteiger partial charge < -0.3 is 15.7 Å². The summed E-state index contributed by atoms with van der Waals surface area (Å²) in [6.45, 7) is 5.71. The van der Waals surface area contributed by atoms with Crippen LogP contribution in [0.4, 0.5) is 0 Å². The molecule has 0 spiro atoms. The summed E-state index contributed by atoms with van der Waals surface area (Å²) in [6.07, 6.45) is 22.4. The van der Waals surface area contributed by atoms with Crippen LogP contribution in [0.5, 0.6) is 0 Å². The summed E-state index contributed by atoms with van der Waals surface area (Å²) in [4.78, 5) is 11.4. The first-order chi connectivity index (χ1) is 14.5. The highest BCUT2D eigenvalue weighted by Crippen LogP contribution is 2.25. The number of hydrogen-bond acceptors (Lipinski definition) is 4. The average molecular weight is 443 g/mol. The van der Waals surface area contributed by atoms with Crippen molar-refractivity contribution in [2.45, 2.75) is 135 Å². The van der Waals surface area contributed by atoms with Gasteiger partial charge in [-0.05, 0) is 19.8 Å². The normalized spacial score (nSPS) is 16.2. The Bertz CT molecular complexity index is 484. The number of aliphatic carboxylic acids is 1. The van der Waals surface area contributed by atoms with E-state index in [1.807, 2.05) is 17.8 Å². The van der Waals surface area contributed by atoms with Crippen molar-refractivity contribution in [3.63, 3.8) is 0 Å². The zero-order valence-corrected chi connectivity index (χ0v) is 20.3. The lowest BCUT2D eigenvalue weighted by Gasteiger charge is -2.31. The van der Waals surface area contributed by atoms with Crippen molar-refractivity contribution in [1.29, 1.82) is 0 Å². The number of carbonyl (C=O) groups is 1. The molecule has 184 valence electrons. The number of carboxylic acid groups (broad SMARTS) is 1. The Morgan fingerprint density at radius 2 is 1.32 bits per heavy atom. The van der Waals surface area contributed by atoms with Gasteiger partial charge in [0.15, 0.2) is 6.10 Å². The molecule has 0 bridgehead atoms. The van der Waals surface area contributed by atoms with Gasteiger partial charge >= 0.3 is 5.97 Å². The van der Waals surface area contributed by atoms with Gasteiger partial charge in [-0.1, -0.05) is 103 Å². The van der Waals surface area contributed by atoms with Crippen LogP contribution in [-0.2, 0) is 4.79 Å². The summed E-state index contributed by atoms with van der Waals surface area (Å²) in [5, 5.41) is 22.7. The van der Waals surface area contributed by atoms with Gasteiger partial charge in [-0.15, -0.1) is 0 Å². The fourth-order valence-electron chi connectivity index (χ4n) is 4.56. The van der Waals surface area contributed by atoms with E-state index in [1.165, 1.54) is 89.9 Å². The Balaban J connectivity index is 0.00000900. The van der Waals surface area contributed by atoms with Gasteiger partial charge in [0.25, 0.3) is 0 Å². The Kier molecular flexibility index (Phi) is 17.8. The number of nitrogens with zero attached hydrogens (tertiary/aromatic N) is 1. The van der Waals surface area contributed by atoms with Gasteiger partial charge in [0, 0.05) is 0 Å². The molecule has 0 radical (unpaired) electrons. The standard InChI is InChI=1S/C25H48N2O3.H2O/c1-3-4-5-6-7-8-9-10-11-12-13-14-15-16-17-18-19-25(2,23(28)24(29)30)27-21-20-26-22-27;/h22-23,28H,3-21H2,1-2H3,(H,29,30);1H2. The quantitative estimate of drug-likeness (QED) is 0.175. The molecule has 0 aliphatic carbocycles. The number of aliphatic hydroxyl groups is 1. The number of hydrogen-bond donors (Lipinski definition) is 3. The van der Waals surface area contributed by atoms with Crippen LogP contribution in [0.2, 0.25) is 0 Å². The van der Waals surface area contributed by atoms with Crippen LogP contribution in [0.3, 0.4) is 0 Å². The lowest BCUT2D eigenvalue weighted by Crippen LogP contribution is -2.53. The Morgan fingerprint density at radius 3 is 1.68 bits per heavy atom. The van der Waals surface area contributed by atoms with Crippen LogP contribution in [0.15, 0.2) is 0 Å². The third kappa shape index (κ3) is 12.5. The molecule has 0 aromatic carbocycles. The SMILES string of the molecule is CCCCCCCCCCCCCCCCCCC(C)(C(O)C(=O)O)[N+]1=CNCC1.[OH-]. The highest BCUT2D eigenvalue weighted by atomic mass is 16.4. The van der Waals surface area contributed by atoms with Crippen LogP contribution >= 0.6 is 0 Å². The van der Waals surface area contributed by atoms with E-state index in [4.69, 9.17) is 0 Å². The number of nitrogens with one attached hydrogen (secondary N) is 1. The van der Waals surface area contributed by atoms with E-state index in [-0.39, 0.29) is 5.48 Å². The topological polar surface area (TPSA) is 103 Å². The number of carboxylic acids is 1. The van der Waals surface area contributed by atoms with Crippen molar-refractivity contribution in [2.24, 2.45) is 0 Å². The molecular formula is C25H50N2O4. The van der Waals surface area contributed by atoms with E-state index in [9.17, 15) is 15.0 Å². The van der Waals surface area contributed by atoms with Gasteiger partial charge in [-0.3, -0.25) is 9.89 Å². The molecule has 2 unspecified atom stereocenters. The molecule has 6 heteroatoms. The third-order valence-electron chi connectivity index (χ3n) is 6.76. The lowest BCUT2D eigenvalue weighted by molar-refractivity contribution is -0.603. The fourth-order valence-corrected chi connectivity index (χ4v) is 4.56. The minimum atomic E-state index is -1.36. The van der Waals surface area contributed by atoms with Crippen LogP contribution in [0, 0.1) is 0 Å². The molecule has 6 nitrogen and oxygen atoms in total. The van der Waals surface area contributed by atoms with E-state index in [2.05, 4.69) is 12.2 Å². The Labute approximate surface area is 190 Å². The summed E-state index contributed by atoms with van der Waals surface area (Å²) in [7, 11) is 0. The smallest absolute Gasteiger partial charge is 0.337 e. The molecule has 0 saturated carbocycles. The summed E-state index contributed by atoms with van der Waals surface area (Å²) in [5.41, 5.74) is -0.731. The van der Waals surface area contributed by atoms with E-state index < -0.39 is 17.6 Å². The average Bonchev–Trinajstić information content (AvgIpc) is 3.28. The van der Waals surface area contributed by atoms with Crippen molar-refractivity contribution in [2.75, 3.05) is 13.1 Å². The van der Waals surface area contributed by atoms with Gasteiger partial charge in [-0.2, -0.15) is 0 Å². The summed E-state index contributed by atoms with van der Waals surface area (Å²) >= 11 is 0. The third-order valence-corrected chi connectivity index (χ3v) is 6.76. The van der Waals surface area contributed by atoms with Gasteiger partial charge in [0.05, 0.1) is 0 Å². The van der Waals surface area contributed by atoms with Gasteiger partial charge in [0.2, 0.25) is 6.34 Å². The zero-order chi connectivity index (χ0) is 22.1. The summed E-state index contributed by atoms with van der Waals surface area (Å²) in [6, 6.07) is 0. The van der Waals surface area contributed by atoms with Crippen LogP contribution in [0.25, 0.3) is 0 Å². The molecule has 0 fully saturated rings. The second kappa shape index (κ2) is 18.4. The molecule has 31 heavy (non-hydrogen) atoms. The maximum Gasteiger partial charge on any atom is 0.337 e. The molecular weight excluding hydrogens is 392 g/mol. The van der Waals surface area contributed by atoms with E-state index in [0.717, 1.165) is 25.9 Å². The number of aliphatic hydroxyl groups excluding tert-OH is 1. The molecule has 1 rings (SSSR count). The second-order valence-electron chi connectivity index (χ2n) is 9.43. The van der Waals surface area contributed by atoms with E-state index in [0.29, 0.717) is 6.42 Å². The fraction of sp³-hybridized carbons (Fsp3) is 0.920. The van der Waals surface area contributed by atoms with Crippen LogP contribution in [-0.4, -0.2) is 57.3 Å². The minimum absolute atomic E-state index is 0. The lowest BCUT2D eigenvalue weighted by atomic mass is 9.87. The first-order valence-electron chi connectivity index (χ1n) is 12.8. The minimum Gasteiger partial charge on any atom is -0.870 e. The molecule has 1 heterocycles. The monoisotopic (exact) mass is 442 g/mol. The van der Waals surface area contributed by atoms with Gasteiger partial charge in [0.1, 0.15) is 18.6 Å². The van der Waals surface area contributed by atoms with Gasteiger partial charge in [-0.25, -0.2) is 4.79 Å². The van der Waals surface area contributed by atoms with Crippen LogP contribution < -0.4 is 5.32 Å². The van der Waals surface area contributed by atoms with Crippen molar-refractivity contribution >= 4 is 12.3 Å². The molecule has 1 aliphatic heterocycles. The van der Waals surface area contributed by atoms with Crippen molar-refractivity contribution < 1.29 is 25.1 Å². The number of unbranched alkanes of at least 4 members (excludes halogenated alkanes) is 15. The first kappa shape index (κ1) is 29.9. The maximum atomic E-state index is 11.4. The summed E-state index contributed by atoms with van der Waals surface area (Å²) < 4.78 is 1.97. The maximum absolute atomic E-state index is 11.4. The van der Waals surface area contributed by atoms with Crippen molar-refractivity contribution in [3.05, 3.63) is 0 Å². The highest BCUT2D eigenvalue weighted by molar-refractivity contribution is 5.73. The van der Waals surface area contributed by atoms with Crippen LogP contribution in [0.1, 0.15) is 123 Å². The van der Waals surface area contributed by atoms with Crippen molar-refractivity contribution in [1.82, 2.24) is 5.32 Å². The molecule has 1 aliphatic rings. The molecule has 0 aromatic heterocycles. The van der Waals surface area contributed by atoms with E-state index >= 15 is 0 Å².